The molecule has 7 nitrogen and oxygen atoms in total. The monoisotopic (exact) mass is 248 g/mol. The molecule has 2 heterocycles. The number of aromatic nitrogens is 5. The van der Waals surface area contributed by atoms with E-state index in [9.17, 15) is 0 Å². The molecule has 18 heavy (non-hydrogen) atoms. The molecule has 0 amide bonds. The van der Waals surface area contributed by atoms with Gasteiger partial charge >= 0.3 is 0 Å². The smallest absolute Gasteiger partial charge is 0.218 e. The molecule has 0 fully saturated rings. The van der Waals surface area contributed by atoms with E-state index >= 15 is 0 Å². The highest BCUT2D eigenvalue weighted by atomic mass is 16.5. The minimum absolute atomic E-state index is 0.575. The van der Waals surface area contributed by atoms with Crippen LogP contribution in [-0.2, 0) is 13.5 Å². The molecule has 0 saturated carbocycles. The Morgan fingerprint density at radius 3 is 2.94 bits per heavy atom. The summed E-state index contributed by atoms with van der Waals surface area (Å²) in [5.41, 5.74) is 0. The molecule has 0 saturated heterocycles. The van der Waals surface area contributed by atoms with E-state index in [2.05, 4.69) is 25.4 Å². The van der Waals surface area contributed by atoms with Crippen molar-refractivity contribution in [1.82, 2.24) is 24.7 Å². The Hall–Kier alpha value is -2.18. The minimum Gasteiger partial charge on any atom is -0.478 e. The first-order valence-corrected chi connectivity index (χ1v) is 5.81. The molecule has 2 aromatic rings. The molecule has 96 valence electrons. The lowest BCUT2D eigenvalue weighted by atomic mass is 10.4. The van der Waals surface area contributed by atoms with Gasteiger partial charge in [-0.25, -0.2) is 15.0 Å². The third-order valence-corrected chi connectivity index (χ3v) is 2.24. The predicted molar refractivity (Wildman–Crippen MR) is 66.4 cm³/mol. The molecule has 0 aromatic carbocycles. The largest absolute Gasteiger partial charge is 0.478 e. The van der Waals surface area contributed by atoms with Gasteiger partial charge in [0.1, 0.15) is 18.5 Å². The molecule has 0 aliphatic rings. The number of nitrogens with one attached hydrogen (secondary N) is 1. The van der Waals surface area contributed by atoms with Crippen LogP contribution < -0.4 is 10.1 Å². The third-order valence-electron chi connectivity index (χ3n) is 2.24. The summed E-state index contributed by atoms with van der Waals surface area (Å²) in [5, 5.41) is 7.38. The van der Waals surface area contributed by atoms with Crippen molar-refractivity contribution in [3.05, 3.63) is 24.5 Å². The Labute approximate surface area is 105 Å². The van der Waals surface area contributed by atoms with Crippen LogP contribution in [0.15, 0.2) is 18.7 Å². The van der Waals surface area contributed by atoms with Gasteiger partial charge in [0, 0.05) is 26.1 Å². The minimum atomic E-state index is 0.575. The fourth-order valence-electron chi connectivity index (χ4n) is 1.46. The lowest BCUT2D eigenvalue weighted by molar-refractivity contribution is 0.326. The standard InChI is InChI=1S/C11H16N6O/c1-3-18-11-6-10(13-7-14-11)12-5-4-9-15-8-17(2)16-9/h6-8H,3-5H2,1-2H3,(H,12,13,14). The molecule has 0 aliphatic carbocycles. The zero-order valence-corrected chi connectivity index (χ0v) is 10.5. The van der Waals surface area contributed by atoms with Gasteiger partial charge in [0.15, 0.2) is 5.82 Å². The van der Waals surface area contributed by atoms with Crippen LogP contribution in [0.25, 0.3) is 0 Å². The average Bonchev–Trinajstić information content (AvgIpc) is 2.76. The molecule has 7 heteroatoms. The summed E-state index contributed by atoms with van der Waals surface area (Å²) < 4.78 is 6.98. The van der Waals surface area contributed by atoms with Crippen LogP contribution in [-0.4, -0.2) is 37.9 Å². The van der Waals surface area contributed by atoms with Crippen LogP contribution in [0.5, 0.6) is 5.88 Å². The Morgan fingerprint density at radius 1 is 1.33 bits per heavy atom. The van der Waals surface area contributed by atoms with E-state index in [1.54, 1.807) is 17.1 Å². The van der Waals surface area contributed by atoms with Gasteiger partial charge in [-0.15, -0.1) is 0 Å². The first kappa shape index (κ1) is 12.3. The highest BCUT2D eigenvalue weighted by Gasteiger charge is 2.01. The Kier molecular flexibility index (Phi) is 4.06. The second-order valence-electron chi connectivity index (χ2n) is 3.69. The molecule has 1 N–H and O–H groups in total. The van der Waals surface area contributed by atoms with Crippen molar-refractivity contribution in [3.8, 4) is 5.88 Å². The third kappa shape index (κ3) is 3.41. The molecule has 2 aromatic heterocycles. The fraction of sp³-hybridized carbons (Fsp3) is 0.455. The Morgan fingerprint density at radius 2 is 2.22 bits per heavy atom. The Bertz CT molecular complexity index is 498. The van der Waals surface area contributed by atoms with Crippen LogP contribution in [0.2, 0.25) is 0 Å². The summed E-state index contributed by atoms with van der Waals surface area (Å²) in [4.78, 5) is 12.3. The maximum Gasteiger partial charge on any atom is 0.218 e. The topological polar surface area (TPSA) is 77.8 Å². The number of ether oxygens (including phenoxy) is 1. The van der Waals surface area contributed by atoms with Crippen LogP contribution in [0.1, 0.15) is 12.7 Å². The summed E-state index contributed by atoms with van der Waals surface area (Å²) >= 11 is 0. The molecule has 0 radical (unpaired) electrons. The number of rotatable bonds is 6. The number of hydrogen-bond acceptors (Lipinski definition) is 6. The molecule has 0 unspecified atom stereocenters. The van der Waals surface area contributed by atoms with Gasteiger partial charge in [0.25, 0.3) is 0 Å². The summed E-state index contributed by atoms with van der Waals surface area (Å²) in [6.45, 7) is 3.23. The number of anilines is 1. The summed E-state index contributed by atoms with van der Waals surface area (Å²) in [5.74, 6) is 2.12. The first-order valence-electron chi connectivity index (χ1n) is 5.81. The second kappa shape index (κ2) is 5.95. The van der Waals surface area contributed by atoms with Gasteiger partial charge in [0.05, 0.1) is 6.61 Å². The summed E-state index contributed by atoms with van der Waals surface area (Å²) in [6.07, 6.45) is 3.91. The molecular weight excluding hydrogens is 232 g/mol. The summed E-state index contributed by atoms with van der Waals surface area (Å²) in [7, 11) is 1.85. The van der Waals surface area contributed by atoms with Crippen LogP contribution in [0, 0.1) is 0 Å². The van der Waals surface area contributed by atoms with Gasteiger partial charge in [-0.1, -0.05) is 0 Å². The molecular formula is C11H16N6O. The number of hydrogen-bond donors (Lipinski definition) is 1. The van der Waals surface area contributed by atoms with Crippen molar-refractivity contribution >= 4 is 5.82 Å². The SMILES string of the molecule is CCOc1cc(NCCc2ncn(C)n2)ncn1. The summed E-state index contributed by atoms with van der Waals surface area (Å²) in [6, 6.07) is 1.77. The Balaban J connectivity index is 1.84. The highest BCUT2D eigenvalue weighted by Crippen LogP contribution is 2.10. The van der Waals surface area contributed by atoms with Gasteiger partial charge in [-0.2, -0.15) is 5.10 Å². The molecule has 2 rings (SSSR count). The van der Waals surface area contributed by atoms with E-state index in [-0.39, 0.29) is 0 Å². The van der Waals surface area contributed by atoms with E-state index in [1.165, 1.54) is 6.33 Å². The van der Waals surface area contributed by atoms with E-state index in [0.29, 0.717) is 19.0 Å². The number of nitrogens with zero attached hydrogens (tertiary/aromatic N) is 5. The van der Waals surface area contributed by atoms with Gasteiger partial charge < -0.3 is 10.1 Å². The second-order valence-corrected chi connectivity index (χ2v) is 3.69. The van der Waals surface area contributed by atoms with Crippen molar-refractivity contribution in [3.63, 3.8) is 0 Å². The zero-order valence-electron chi connectivity index (χ0n) is 10.5. The van der Waals surface area contributed by atoms with Crippen molar-refractivity contribution < 1.29 is 4.74 Å². The quantitative estimate of drug-likeness (QED) is 0.809. The highest BCUT2D eigenvalue weighted by molar-refractivity contribution is 5.36. The normalized spacial score (nSPS) is 10.3. The van der Waals surface area contributed by atoms with Crippen LogP contribution in [0.3, 0.4) is 0 Å². The lowest BCUT2D eigenvalue weighted by Gasteiger charge is -2.05. The van der Waals surface area contributed by atoms with E-state index in [4.69, 9.17) is 4.74 Å². The van der Waals surface area contributed by atoms with Gasteiger partial charge in [-0.3, -0.25) is 4.68 Å². The molecule has 0 atom stereocenters. The molecule has 0 bridgehead atoms. The lowest BCUT2D eigenvalue weighted by Crippen LogP contribution is -2.08. The van der Waals surface area contributed by atoms with Gasteiger partial charge in [0.2, 0.25) is 5.88 Å². The van der Waals surface area contributed by atoms with Crippen molar-refractivity contribution in [2.45, 2.75) is 13.3 Å². The zero-order chi connectivity index (χ0) is 12.8. The predicted octanol–water partition coefficient (Wildman–Crippen LogP) is 0.658. The van der Waals surface area contributed by atoms with E-state index in [1.807, 2.05) is 14.0 Å². The first-order chi connectivity index (χ1) is 8.78. The van der Waals surface area contributed by atoms with E-state index in [0.717, 1.165) is 18.1 Å². The van der Waals surface area contributed by atoms with Crippen LogP contribution in [0.4, 0.5) is 5.82 Å². The maximum atomic E-state index is 5.30. The van der Waals surface area contributed by atoms with E-state index < -0.39 is 0 Å². The average molecular weight is 248 g/mol. The van der Waals surface area contributed by atoms with Crippen molar-refractivity contribution in [2.24, 2.45) is 7.05 Å². The number of aryl methyl sites for hydroxylation is 1. The fourth-order valence-corrected chi connectivity index (χ4v) is 1.46. The molecule has 0 spiro atoms. The molecule has 0 aliphatic heterocycles. The van der Waals surface area contributed by atoms with Crippen LogP contribution >= 0.6 is 0 Å². The van der Waals surface area contributed by atoms with Crippen molar-refractivity contribution in [2.75, 3.05) is 18.5 Å². The van der Waals surface area contributed by atoms with Crippen molar-refractivity contribution in [1.29, 1.82) is 0 Å². The maximum absolute atomic E-state index is 5.30. The van der Waals surface area contributed by atoms with Gasteiger partial charge in [-0.05, 0) is 6.92 Å².